The van der Waals surface area contributed by atoms with Gasteiger partial charge in [-0.05, 0) is 26.3 Å². The second-order valence-corrected chi connectivity index (χ2v) is 2.95. The van der Waals surface area contributed by atoms with E-state index in [0.29, 0.717) is 6.42 Å². The number of alkyl halides is 1. The summed E-state index contributed by atoms with van der Waals surface area (Å²) in [7, 11) is 0. The molecule has 1 nitrogen and oxygen atoms in total. The highest BCUT2D eigenvalue weighted by molar-refractivity contribution is 5.85. The Kier molecular flexibility index (Phi) is 3.60. The van der Waals surface area contributed by atoms with Gasteiger partial charge in [-0.2, -0.15) is 0 Å². The monoisotopic (exact) mass is 167 g/mol. The van der Waals surface area contributed by atoms with Crippen LogP contribution in [0, 0.1) is 0 Å². The smallest absolute Gasteiger partial charge is 0.119 e. The topological polar surface area (TPSA) is 12.0 Å². The molecule has 1 aliphatic heterocycles. The maximum Gasteiger partial charge on any atom is 0.119 e. The fraction of sp³-hybridized carbons (Fsp3) is 1.00. The average Bonchev–Trinajstić information content (AvgIpc) is 2.15. The van der Waals surface area contributed by atoms with Crippen LogP contribution in [0.2, 0.25) is 0 Å². The van der Waals surface area contributed by atoms with Crippen LogP contribution in [0.4, 0.5) is 4.39 Å². The zero-order valence-electron chi connectivity index (χ0n) is 6.48. The van der Waals surface area contributed by atoms with Gasteiger partial charge in [-0.25, -0.2) is 4.39 Å². The third-order valence-corrected chi connectivity index (χ3v) is 2.35. The number of hydrogen-bond donors (Lipinski definition) is 1. The van der Waals surface area contributed by atoms with Gasteiger partial charge in [0.1, 0.15) is 6.17 Å². The molecule has 1 aliphatic rings. The minimum atomic E-state index is -0.637. The summed E-state index contributed by atoms with van der Waals surface area (Å²) in [6, 6.07) is 0. The first-order valence-electron chi connectivity index (χ1n) is 3.58. The van der Waals surface area contributed by atoms with Gasteiger partial charge in [-0.3, -0.25) is 0 Å². The Morgan fingerprint density at radius 1 is 1.70 bits per heavy atom. The van der Waals surface area contributed by atoms with E-state index in [0.717, 1.165) is 13.0 Å². The molecule has 0 bridgehead atoms. The average molecular weight is 168 g/mol. The largest absolute Gasteiger partial charge is 0.309 e. The third kappa shape index (κ3) is 1.61. The summed E-state index contributed by atoms with van der Waals surface area (Å²) in [6.07, 6.45) is 0.931. The maximum atomic E-state index is 12.9. The lowest BCUT2D eigenvalue weighted by molar-refractivity contribution is 0.212. The Morgan fingerprint density at radius 3 is 2.50 bits per heavy atom. The van der Waals surface area contributed by atoms with Crippen molar-refractivity contribution in [1.82, 2.24) is 5.32 Å². The predicted molar refractivity (Wildman–Crippen MR) is 43.5 cm³/mol. The first-order chi connectivity index (χ1) is 4.19. The highest BCUT2D eigenvalue weighted by atomic mass is 35.5. The molecule has 0 radical (unpaired) electrons. The van der Waals surface area contributed by atoms with Crippen molar-refractivity contribution in [3.05, 3.63) is 0 Å². The third-order valence-electron chi connectivity index (χ3n) is 2.35. The molecule has 1 fully saturated rings. The van der Waals surface area contributed by atoms with Crippen molar-refractivity contribution in [2.45, 2.75) is 38.4 Å². The van der Waals surface area contributed by atoms with Gasteiger partial charge in [0, 0.05) is 5.54 Å². The van der Waals surface area contributed by atoms with Gasteiger partial charge >= 0.3 is 0 Å². The van der Waals surface area contributed by atoms with Gasteiger partial charge in [0.25, 0.3) is 0 Å². The van der Waals surface area contributed by atoms with E-state index in [1.54, 1.807) is 0 Å². The van der Waals surface area contributed by atoms with Crippen molar-refractivity contribution in [3.8, 4) is 0 Å². The first kappa shape index (κ1) is 10.2. The molecule has 3 heteroatoms. The molecule has 2 atom stereocenters. The molecule has 0 aromatic rings. The van der Waals surface area contributed by atoms with Crippen molar-refractivity contribution in [2.75, 3.05) is 6.54 Å². The Labute approximate surface area is 67.8 Å². The second-order valence-electron chi connectivity index (χ2n) is 2.95. The number of halogens is 2. The van der Waals surface area contributed by atoms with E-state index >= 15 is 0 Å². The molecule has 1 saturated heterocycles. The molecule has 62 valence electrons. The standard InChI is InChI=1S/C7H14FN.ClH/c1-3-7(2)6(8)4-5-9-7;/h6,9H,3-5H2,1-2H3;1H. The van der Waals surface area contributed by atoms with Crippen LogP contribution in [0.25, 0.3) is 0 Å². The van der Waals surface area contributed by atoms with E-state index in [1.165, 1.54) is 0 Å². The molecule has 2 unspecified atom stereocenters. The molecule has 0 saturated carbocycles. The molecular formula is C7H15ClFN. The van der Waals surface area contributed by atoms with Crippen LogP contribution in [0.3, 0.4) is 0 Å². The molecule has 0 aromatic carbocycles. The number of rotatable bonds is 1. The molecule has 10 heavy (non-hydrogen) atoms. The highest BCUT2D eigenvalue weighted by Crippen LogP contribution is 2.25. The van der Waals surface area contributed by atoms with Gasteiger partial charge < -0.3 is 5.32 Å². The van der Waals surface area contributed by atoms with Crippen molar-refractivity contribution in [1.29, 1.82) is 0 Å². The summed E-state index contributed by atoms with van der Waals surface area (Å²) < 4.78 is 12.9. The van der Waals surface area contributed by atoms with Gasteiger partial charge in [0.05, 0.1) is 0 Å². The molecule has 1 heterocycles. The summed E-state index contributed by atoms with van der Waals surface area (Å²) in [5.41, 5.74) is -0.222. The molecular weight excluding hydrogens is 153 g/mol. The van der Waals surface area contributed by atoms with Gasteiger partial charge in [-0.1, -0.05) is 6.92 Å². The maximum absolute atomic E-state index is 12.9. The minimum Gasteiger partial charge on any atom is -0.309 e. The molecule has 0 amide bonds. The second kappa shape index (κ2) is 3.54. The number of hydrogen-bond acceptors (Lipinski definition) is 1. The normalized spacial score (nSPS) is 39.3. The molecule has 0 aliphatic carbocycles. The lowest BCUT2D eigenvalue weighted by Crippen LogP contribution is -2.41. The van der Waals surface area contributed by atoms with Crippen LogP contribution in [0.5, 0.6) is 0 Å². The van der Waals surface area contributed by atoms with E-state index in [-0.39, 0.29) is 17.9 Å². The van der Waals surface area contributed by atoms with E-state index in [4.69, 9.17) is 0 Å². The predicted octanol–water partition coefficient (Wildman–Crippen LogP) is 1.91. The minimum absolute atomic E-state index is 0. The van der Waals surface area contributed by atoms with Crippen LogP contribution in [-0.4, -0.2) is 18.3 Å². The lowest BCUT2D eigenvalue weighted by atomic mass is 9.95. The van der Waals surface area contributed by atoms with E-state index in [9.17, 15) is 4.39 Å². The van der Waals surface area contributed by atoms with Crippen LogP contribution in [-0.2, 0) is 0 Å². The Hall–Kier alpha value is 0.180. The summed E-state index contributed by atoms with van der Waals surface area (Å²) in [5.74, 6) is 0. The van der Waals surface area contributed by atoms with Gasteiger partial charge in [0.2, 0.25) is 0 Å². The van der Waals surface area contributed by atoms with Gasteiger partial charge in [-0.15, -0.1) is 12.4 Å². The fourth-order valence-electron chi connectivity index (χ4n) is 1.26. The Bertz CT molecular complexity index is 110. The molecule has 1 N–H and O–H groups in total. The van der Waals surface area contributed by atoms with Crippen molar-refractivity contribution in [2.24, 2.45) is 0 Å². The van der Waals surface area contributed by atoms with Crippen molar-refractivity contribution < 1.29 is 4.39 Å². The van der Waals surface area contributed by atoms with Crippen LogP contribution >= 0.6 is 12.4 Å². The van der Waals surface area contributed by atoms with Crippen LogP contribution in [0.15, 0.2) is 0 Å². The SMILES string of the molecule is CCC1(C)NCCC1F.Cl. The van der Waals surface area contributed by atoms with E-state index in [1.807, 2.05) is 13.8 Å². The fourth-order valence-corrected chi connectivity index (χ4v) is 1.26. The zero-order valence-corrected chi connectivity index (χ0v) is 7.30. The molecule has 1 rings (SSSR count). The number of nitrogens with one attached hydrogen (secondary N) is 1. The quantitative estimate of drug-likeness (QED) is 0.629. The van der Waals surface area contributed by atoms with Crippen molar-refractivity contribution >= 4 is 12.4 Å². The van der Waals surface area contributed by atoms with Gasteiger partial charge in [0.15, 0.2) is 0 Å². The lowest BCUT2D eigenvalue weighted by Gasteiger charge is -2.24. The highest BCUT2D eigenvalue weighted by Gasteiger charge is 2.36. The summed E-state index contributed by atoms with van der Waals surface area (Å²) in [6.45, 7) is 4.81. The Balaban J connectivity index is 0.000000810. The Morgan fingerprint density at radius 2 is 2.30 bits per heavy atom. The van der Waals surface area contributed by atoms with E-state index < -0.39 is 6.17 Å². The molecule has 0 aromatic heterocycles. The molecule has 0 spiro atoms. The summed E-state index contributed by atoms with van der Waals surface area (Å²) in [5, 5.41) is 3.16. The van der Waals surface area contributed by atoms with Crippen LogP contribution < -0.4 is 5.32 Å². The van der Waals surface area contributed by atoms with Crippen LogP contribution in [0.1, 0.15) is 26.7 Å². The first-order valence-corrected chi connectivity index (χ1v) is 3.58. The van der Waals surface area contributed by atoms with E-state index in [2.05, 4.69) is 5.32 Å². The summed E-state index contributed by atoms with van der Waals surface area (Å²) >= 11 is 0. The zero-order chi connectivity index (χ0) is 6.91. The van der Waals surface area contributed by atoms with Crippen molar-refractivity contribution in [3.63, 3.8) is 0 Å². The summed E-state index contributed by atoms with van der Waals surface area (Å²) in [4.78, 5) is 0.